The Hall–Kier alpha value is -2.48. The van der Waals surface area contributed by atoms with Crippen LogP contribution in [-0.4, -0.2) is 65.1 Å². The first-order valence-corrected chi connectivity index (χ1v) is 11.3. The van der Waals surface area contributed by atoms with Crippen molar-refractivity contribution >= 4 is 28.7 Å². The molecule has 1 aromatic carbocycles. The number of benzene rings is 1. The van der Waals surface area contributed by atoms with E-state index in [0.29, 0.717) is 21.9 Å². The van der Waals surface area contributed by atoms with Gasteiger partial charge in [0.15, 0.2) is 22.1 Å². The van der Waals surface area contributed by atoms with Crippen molar-refractivity contribution in [2.75, 3.05) is 11.9 Å². The number of aromatic nitrogens is 5. The predicted octanol–water partition coefficient (Wildman–Crippen LogP) is 2.24. The first kappa shape index (κ1) is 22.3. The van der Waals surface area contributed by atoms with E-state index in [1.54, 1.807) is 0 Å². The number of hydrogen-bond acceptors (Lipinski definition) is 9. The maximum absolute atomic E-state index is 12.9. The summed E-state index contributed by atoms with van der Waals surface area (Å²) in [5.41, 5.74) is -0.0148. The van der Waals surface area contributed by atoms with Crippen molar-refractivity contribution in [2.24, 2.45) is 5.92 Å². The zero-order chi connectivity index (χ0) is 23.3. The Morgan fingerprint density at radius 2 is 1.82 bits per heavy atom. The summed E-state index contributed by atoms with van der Waals surface area (Å²) in [6.45, 7) is -0.278. The van der Waals surface area contributed by atoms with Crippen LogP contribution >= 0.6 is 11.8 Å². The van der Waals surface area contributed by atoms with Gasteiger partial charge in [0.1, 0.15) is 6.10 Å². The summed E-state index contributed by atoms with van der Waals surface area (Å²) in [5.74, 6) is -0.0500. The molecule has 0 bridgehead atoms. The number of nitrogens with one attached hydrogen (secondary N) is 1. The maximum atomic E-state index is 12.9. The highest BCUT2D eigenvalue weighted by atomic mass is 32.2. The Labute approximate surface area is 190 Å². The van der Waals surface area contributed by atoms with Gasteiger partial charge in [-0.2, -0.15) is 13.2 Å². The van der Waals surface area contributed by atoms with E-state index in [0.717, 1.165) is 36.7 Å². The average molecular weight is 482 g/mol. The number of fused-ring (bicyclic) bond motifs is 1. The van der Waals surface area contributed by atoms with Crippen LogP contribution in [0.25, 0.3) is 11.2 Å². The van der Waals surface area contributed by atoms with Crippen LogP contribution in [0.5, 0.6) is 0 Å². The second-order valence-electron chi connectivity index (χ2n) is 8.33. The van der Waals surface area contributed by atoms with Gasteiger partial charge in [-0.3, -0.25) is 0 Å². The molecule has 2 saturated carbocycles. The van der Waals surface area contributed by atoms with Crippen LogP contribution in [0.15, 0.2) is 34.3 Å². The van der Waals surface area contributed by atoms with Crippen LogP contribution in [0.1, 0.15) is 30.9 Å². The minimum absolute atomic E-state index is 0.245. The zero-order valence-electron chi connectivity index (χ0n) is 17.1. The molecule has 0 aliphatic heterocycles. The molecular formula is C20H21F3N6O3S. The van der Waals surface area contributed by atoms with Gasteiger partial charge in [0, 0.05) is 23.5 Å². The van der Waals surface area contributed by atoms with Gasteiger partial charge in [-0.05, 0) is 55.3 Å². The number of aliphatic hydroxyl groups is 3. The monoisotopic (exact) mass is 482 g/mol. The summed E-state index contributed by atoms with van der Waals surface area (Å²) in [4.78, 5) is 9.54. The molecule has 4 N–H and O–H groups in total. The summed E-state index contributed by atoms with van der Waals surface area (Å²) >= 11 is 1.09. The first-order chi connectivity index (χ1) is 15.7. The highest BCUT2D eigenvalue weighted by molar-refractivity contribution is 7.99. The third kappa shape index (κ3) is 4.37. The molecule has 9 nitrogen and oxygen atoms in total. The quantitative estimate of drug-likeness (QED) is 0.391. The van der Waals surface area contributed by atoms with Gasteiger partial charge in [-0.15, -0.1) is 5.10 Å². The summed E-state index contributed by atoms with van der Waals surface area (Å²) in [7, 11) is 0. The molecule has 4 atom stereocenters. The fourth-order valence-corrected chi connectivity index (χ4v) is 4.69. The van der Waals surface area contributed by atoms with Crippen LogP contribution in [0.2, 0.25) is 0 Å². The molecule has 5 rings (SSSR count). The molecule has 2 fully saturated rings. The normalized spacial score (nSPS) is 25.6. The topological polar surface area (TPSA) is 129 Å². The van der Waals surface area contributed by atoms with E-state index in [9.17, 15) is 28.5 Å². The number of halogens is 3. The van der Waals surface area contributed by atoms with Gasteiger partial charge in [0.05, 0.1) is 17.7 Å². The molecule has 13 heteroatoms. The maximum Gasteiger partial charge on any atom is 0.416 e. The lowest BCUT2D eigenvalue weighted by Gasteiger charge is -2.17. The molecule has 176 valence electrons. The third-order valence-electron chi connectivity index (χ3n) is 5.93. The second-order valence-corrected chi connectivity index (χ2v) is 9.37. The van der Waals surface area contributed by atoms with Gasteiger partial charge < -0.3 is 20.6 Å². The van der Waals surface area contributed by atoms with Gasteiger partial charge in [-0.1, -0.05) is 5.21 Å². The third-order valence-corrected chi connectivity index (χ3v) is 6.81. The molecule has 0 amide bonds. The SMILES string of the molecule is OC[C@H]1C[C@H](n2nnc3c(NC4CC4)nc(Sc4ccc(C(F)(F)F)cc4)nc32)[C@@H](O)[C@@H]1O. The average Bonchev–Trinajstić information content (AvgIpc) is 3.42. The zero-order valence-corrected chi connectivity index (χ0v) is 18.0. The van der Waals surface area contributed by atoms with Crippen molar-refractivity contribution in [3.05, 3.63) is 29.8 Å². The highest BCUT2D eigenvalue weighted by Gasteiger charge is 2.43. The second kappa shape index (κ2) is 8.38. The van der Waals surface area contributed by atoms with Crippen LogP contribution in [-0.2, 0) is 6.18 Å². The fraction of sp³-hybridized carbons (Fsp3) is 0.500. The van der Waals surface area contributed by atoms with Crippen molar-refractivity contribution in [3.63, 3.8) is 0 Å². The van der Waals surface area contributed by atoms with Gasteiger partial charge in [0.2, 0.25) is 0 Å². The lowest BCUT2D eigenvalue weighted by Crippen LogP contribution is -2.30. The lowest BCUT2D eigenvalue weighted by atomic mass is 10.1. The number of hydrogen-bond donors (Lipinski definition) is 4. The van der Waals surface area contributed by atoms with Gasteiger partial charge >= 0.3 is 6.18 Å². The van der Waals surface area contributed by atoms with Gasteiger partial charge in [0.25, 0.3) is 0 Å². The van der Waals surface area contributed by atoms with Crippen LogP contribution < -0.4 is 5.32 Å². The van der Waals surface area contributed by atoms with E-state index >= 15 is 0 Å². The minimum Gasteiger partial charge on any atom is -0.396 e. The molecule has 0 unspecified atom stereocenters. The molecule has 3 aromatic rings. The molecule has 0 spiro atoms. The summed E-state index contributed by atoms with van der Waals surface area (Å²) in [6.07, 6.45) is -4.44. The standard InChI is InChI=1S/C20H21F3N6O3S/c21-20(22,23)10-1-5-12(6-2-10)33-19-25-17(24-11-3-4-11)14-18(26-19)29(28-27-14)13-7-9(8-30)15(31)16(13)32/h1-2,5-6,9,11,13,15-16,30-32H,3-4,7-8H2,(H,24,25,26)/t9-,13+,15-,16-/m1/s1. The minimum atomic E-state index is -4.42. The van der Waals surface area contributed by atoms with Crippen molar-refractivity contribution < 1.29 is 28.5 Å². The van der Waals surface area contributed by atoms with Crippen molar-refractivity contribution in [3.8, 4) is 0 Å². The number of rotatable bonds is 6. The molecule has 2 aromatic heterocycles. The Bertz CT molecular complexity index is 1150. The number of aliphatic hydroxyl groups excluding tert-OH is 3. The van der Waals surface area contributed by atoms with E-state index in [1.165, 1.54) is 16.8 Å². The van der Waals surface area contributed by atoms with E-state index in [2.05, 4.69) is 25.6 Å². The molecule has 0 radical (unpaired) electrons. The Morgan fingerprint density at radius 3 is 2.42 bits per heavy atom. The Morgan fingerprint density at radius 1 is 1.09 bits per heavy atom. The largest absolute Gasteiger partial charge is 0.416 e. The van der Waals surface area contributed by atoms with E-state index in [-0.39, 0.29) is 24.2 Å². The first-order valence-electron chi connectivity index (χ1n) is 10.5. The van der Waals surface area contributed by atoms with Crippen LogP contribution in [0, 0.1) is 5.92 Å². The predicted molar refractivity (Wildman–Crippen MR) is 112 cm³/mol. The lowest BCUT2D eigenvalue weighted by molar-refractivity contribution is -0.137. The molecule has 2 heterocycles. The van der Waals surface area contributed by atoms with E-state index in [4.69, 9.17) is 0 Å². The van der Waals surface area contributed by atoms with Crippen molar-refractivity contribution in [1.82, 2.24) is 25.0 Å². The molecular weight excluding hydrogens is 461 g/mol. The molecule has 2 aliphatic carbocycles. The summed E-state index contributed by atoms with van der Waals surface area (Å²) in [5, 5.41) is 42.1. The molecule has 2 aliphatic rings. The Balaban J connectivity index is 1.51. The molecule has 0 saturated heterocycles. The number of anilines is 1. The molecule has 33 heavy (non-hydrogen) atoms. The summed E-state index contributed by atoms with van der Waals surface area (Å²) < 4.78 is 40.0. The smallest absolute Gasteiger partial charge is 0.396 e. The van der Waals surface area contributed by atoms with E-state index in [1.807, 2.05) is 0 Å². The van der Waals surface area contributed by atoms with Gasteiger partial charge in [-0.25, -0.2) is 14.6 Å². The van der Waals surface area contributed by atoms with Crippen LogP contribution in [0.3, 0.4) is 0 Å². The summed E-state index contributed by atoms with van der Waals surface area (Å²) in [6, 6.07) is 4.31. The van der Waals surface area contributed by atoms with Crippen LogP contribution in [0.4, 0.5) is 19.0 Å². The van der Waals surface area contributed by atoms with Crippen molar-refractivity contribution in [2.45, 2.75) is 59.8 Å². The van der Waals surface area contributed by atoms with Crippen molar-refractivity contribution in [1.29, 1.82) is 0 Å². The van der Waals surface area contributed by atoms with E-state index < -0.39 is 35.9 Å². The Kier molecular flexibility index (Phi) is 5.67. The number of nitrogens with zero attached hydrogens (tertiary/aromatic N) is 5. The number of alkyl halides is 3. The fourth-order valence-electron chi connectivity index (χ4n) is 3.94. The highest BCUT2D eigenvalue weighted by Crippen LogP contribution is 2.38.